The molecule has 0 aromatic heterocycles. The number of unbranched alkanes of at least 4 members (excludes halogenated alkanes) is 1. The molecule has 0 fully saturated rings. The highest BCUT2D eigenvalue weighted by molar-refractivity contribution is 7.99. The van der Waals surface area contributed by atoms with E-state index in [4.69, 9.17) is 0 Å². The number of hydrogen-bond acceptors (Lipinski definition) is 2. The van der Waals surface area contributed by atoms with Crippen molar-refractivity contribution in [3.63, 3.8) is 0 Å². The third-order valence-electron chi connectivity index (χ3n) is 2.74. The van der Waals surface area contributed by atoms with Gasteiger partial charge in [0.1, 0.15) is 0 Å². The van der Waals surface area contributed by atoms with Crippen molar-refractivity contribution in [1.82, 2.24) is 5.32 Å². The summed E-state index contributed by atoms with van der Waals surface area (Å²) in [5.41, 5.74) is 0.707. The van der Waals surface area contributed by atoms with Crippen molar-refractivity contribution in [2.45, 2.75) is 37.5 Å². The minimum absolute atomic E-state index is 0.0116. The molecule has 0 bridgehead atoms. The average molecular weight is 277 g/mol. The normalized spacial score (nSPS) is 10.2. The summed E-state index contributed by atoms with van der Waals surface area (Å²) in [6.45, 7) is 6.63. The molecule has 0 aliphatic heterocycles. The van der Waals surface area contributed by atoms with Gasteiger partial charge in [0, 0.05) is 17.0 Å². The number of amides is 1. The summed E-state index contributed by atoms with van der Waals surface area (Å²) >= 11 is 1.86. The average Bonchev–Trinajstić information content (AvgIpc) is 2.45. The highest BCUT2D eigenvalue weighted by Gasteiger charge is 2.05. The third kappa shape index (κ3) is 7.06. The van der Waals surface area contributed by atoms with E-state index in [1.54, 1.807) is 0 Å². The Kier molecular flexibility index (Phi) is 8.07. The van der Waals surface area contributed by atoms with Crippen molar-refractivity contribution < 1.29 is 4.79 Å². The van der Waals surface area contributed by atoms with Gasteiger partial charge in [-0.15, -0.1) is 11.8 Å². The summed E-state index contributed by atoms with van der Waals surface area (Å²) < 4.78 is 0. The highest BCUT2D eigenvalue weighted by Crippen LogP contribution is 2.19. The summed E-state index contributed by atoms with van der Waals surface area (Å²) in [6, 6.07) is 10.4. The van der Waals surface area contributed by atoms with E-state index in [1.165, 1.54) is 4.90 Å². The zero-order valence-electron chi connectivity index (χ0n) is 11.7. The molecule has 19 heavy (non-hydrogen) atoms. The van der Waals surface area contributed by atoms with Crippen LogP contribution in [0.15, 0.2) is 47.4 Å². The molecule has 0 spiro atoms. The Hall–Kier alpha value is -1.22. The molecule has 1 aromatic carbocycles. The first-order valence-corrected chi connectivity index (χ1v) is 7.86. The van der Waals surface area contributed by atoms with Crippen LogP contribution in [-0.2, 0) is 4.79 Å². The highest BCUT2D eigenvalue weighted by atomic mass is 32.2. The predicted molar refractivity (Wildman–Crippen MR) is 83.5 cm³/mol. The molecule has 3 heteroatoms. The molecular formula is C16H23NOS. The largest absolute Gasteiger partial charge is 0.352 e. The monoisotopic (exact) mass is 277 g/mol. The minimum Gasteiger partial charge on any atom is -0.352 e. The van der Waals surface area contributed by atoms with Crippen molar-refractivity contribution in [2.75, 3.05) is 12.3 Å². The Morgan fingerprint density at radius 2 is 2.00 bits per heavy atom. The van der Waals surface area contributed by atoms with E-state index in [1.807, 2.05) is 24.8 Å². The Balaban J connectivity index is 2.07. The number of carbonyl (C=O) groups is 1. The van der Waals surface area contributed by atoms with Crippen molar-refractivity contribution in [3.05, 3.63) is 42.5 Å². The standard InChI is InChI=1S/C16H23NOS/c1-3-12-17-16(18)14(2)9-7-8-13-19-15-10-5-4-6-11-15/h4-6,10-11H,2-3,7-9,12-13H2,1H3,(H,17,18). The molecule has 104 valence electrons. The lowest BCUT2D eigenvalue weighted by atomic mass is 10.1. The molecule has 1 aromatic rings. The van der Waals surface area contributed by atoms with Crippen LogP contribution in [0.3, 0.4) is 0 Å². The number of thioether (sulfide) groups is 1. The summed E-state index contributed by atoms with van der Waals surface area (Å²) in [5.74, 6) is 1.10. The molecule has 0 saturated carbocycles. The second kappa shape index (κ2) is 9.68. The minimum atomic E-state index is 0.0116. The van der Waals surface area contributed by atoms with Gasteiger partial charge in [0.25, 0.3) is 0 Å². The number of rotatable bonds is 9. The molecule has 1 N–H and O–H groups in total. The SMILES string of the molecule is C=C(CCCCSc1ccccc1)C(=O)NCCC. The van der Waals surface area contributed by atoms with Gasteiger partial charge >= 0.3 is 0 Å². The van der Waals surface area contributed by atoms with Gasteiger partial charge in [-0.3, -0.25) is 4.79 Å². The number of hydrogen-bond donors (Lipinski definition) is 1. The first-order chi connectivity index (χ1) is 9.24. The van der Waals surface area contributed by atoms with E-state index >= 15 is 0 Å². The molecule has 1 rings (SSSR count). The Bertz CT molecular complexity index is 389. The second-order valence-electron chi connectivity index (χ2n) is 4.48. The lowest BCUT2D eigenvalue weighted by Gasteiger charge is -2.06. The van der Waals surface area contributed by atoms with Crippen LogP contribution in [0.25, 0.3) is 0 Å². The first-order valence-electron chi connectivity index (χ1n) is 6.88. The lowest BCUT2D eigenvalue weighted by molar-refractivity contribution is -0.117. The third-order valence-corrected chi connectivity index (χ3v) is 3.84. The van der Waals surface area contributed by atoms with E-state index in [0.717, 1.165) is 38.0 Å². The maximum Gasteiger partial charge on any atom is 0.246 e. The molecule has 0 aliphatic rings. The predicted octanol–water partition coefficient (Wildman–Crippen LogP) is 4.03. The molecule has 0 saturated heterocycles. The summed E-state index contributed by atoms with van der Waals surface area (Å²) in [6.07, 6.45) is 3.90. The van der Waals surface area contributed by atoms with Crippen LogP contribution in [0, 0.1) is 0 Å². The number of nitrogens with one attached hydrogen (secondary N) is 1. The van der Waals surface area contributed by atoms with E-state index in [-0.39, 0.29) is 5.91 Å². The van der Waals surface area contributed by atoms with Crippen LogP contribution in [0.2, 0.25) is 0 Å². The van der Waals surface area contributed by atoms with E-state index in [9.17, 15) is 4.79 Å². The molecule has 0 heterocycles. The first kappa shape index (κ1) is 15.8. The Labute approximate surface area is 120 Å². The fourth-order valence-electron chi connectivity index (χ4n) is 1.62. The van der Waals surface area contributed by atoms with Gasteiger partial charge in [0.15, 0.2) is 0 Å². The zero-order valence-corrected chi connectivity index (χ0v) is 12.5. The lowest BCUT2D eigenvalue weighted by Crippen LogP contribution is -2.25. The van der Waals surface area contributed by atoms with Crippen LogP contribution >= 0.6 is 11.8 Å². The van der Waals surface area contributed by atoms with Crippen LogP contribution < -0.4 is 5.32 Å². The molecule has 0 unspecified atom stereocenters. The molecule has 1 amide bonds. The van der Waals surface area contributed by atoms with Gasteiger partial charge in [-0.2, -0.15) is 0 Å². The van der Waals surface area contributed by atoms with Gasteiger partial charge in [-0.1, -0.05) is 31.7 Å². The van der Waals surface area contributed by atoms with Crippen molar-refractivity contribution >= 4 is 17.7 Å². The van der Waals surface area contributed by atoms with Crippen LogP contribution in [0.5, 0.6) is 0 Å². The van der Waals surface area contributed by atoms with E-state index in [2.05, 4.69) is 36.2 Å². The van der Waals surface area contributed by atoms with Crippen LogP contribution in [-0.4, -0.2) is 18.2 Å². The van der Waals surface area contributed by atoms with E-state index < -0.39 is 0 Å². The van der Waals surface area contributed by atoms with Gasteiger partial charge in [-0.05, 0) is 43.6 Å². The fourth-order valence-corrected chi connectivity index (χ4v) is 2.56. The molecule has 0 radical (unpaired) electrons. The molecule has 0 atom stereocenters. The van der Waals surface area contributed by atoms with Crippen LogP contribution in [0.4, 0.5) is 0 Å². The summed E-state index contributed by atoms with van der Waals surface area (Å²) in [5, 5.41) is 2.86. The van der Waals surface area contributed by atoms with Gasteiger partial charge in [0.05, 0.1) is 0 Å². The quantitative estimate of drug-likeness (QED) is 0.419. The van der Waals surface area contributed by atoms with Gasteiger partial charge < -0.3 is 5.32 Å². The molecular weight excluding hydrogens is 254 g/mol. The van der Waals surface area contributed by atoms with E-state index in [0.29, 0.717) is 5.57 Å². The van der Waals surface area contributed by atoms with Gasteiger partial charge in [-0.25, -0.2) is 0 Å². The van der Waals surface area contributed by atoms with Crippen molar-refractivity contribution in [3.8, 4) is 0 Å². The van der Waals surface area contributed by atoms with Crippen molar-refractivity contribution in [2.24, 2.45) is 0 Å². The molecule has 0 aliphatic carbocycles. The maximum atomic E-state index is 11.6. The second-order valence-corrected chi connectivity index (χ2v) is 5.65. The summed E-state index contributed by atoms with van der Waals surface area (Å²) in [4.78, 5) is 12.9. The zero-order chi connectivity index (χ0) is 13.9. The number of carbonyl (C=O) groups excluding carboxylic acids is 1. The van der Waals surface area contributed by atoms with Gasteiger partial charge in [0.2, 0.25) is 5.91 Å². The smallest absolute Gasteiger partial charge is 0.246 e. The number of benzene rings is 1. The Morgan fingerprint density at radius 3 is 2.68 bits per heavy atom. The summed E-state index contributed by atoms with van der Waals surface area (Å²) in [7, 11) is 0. The molecule has 2 nitrogen and oxygen atoms in total. The Morgan fingerprint density at radius 1 is 1.26 bits per heavy atom. The van der Waals surface area contributed by atoms with Crippen molar-refractivity contribution in [1.29, 1.82) is 0 Å². The fraction of sp³-hybridized carbons (Fsp3) is 0.438. The topological polar surface area (TPSA) is 29.1 Å². The van der Waals surface area contributed by atoms with Crippen LogP contribution in [0.1, 0.15) is 32.6 Å². The maximum absolute atomic E-state index is 11.6.